The number of carbonyl (C=O) groups excluding carboxylic acids is 2. The van der Waals surface area contributed by atoms with Crippen LogP contribution in [0.2, 0.25) is 0 Å². The van der Waals surface area contributed by atoms with Crippen molar-refractivity contribution in [1.29, 1.82) is 0 Å². The molecule has 2 aromatic rings. The van der Waals surface area contributed by atoms with Gasteiger partial charge in [-0.3, -0.25) is 9.20 Å². The number of rotatable bonds is 3. The van der Waals surface area contributed by atoms with Crippen molar-refractivity contribution >= 4 is 33.8 Å². The fourth-order valence-electron chi connectivity index (χ4n) is 1.50. The summed E-state index contributed by atoms with van der Waals surface area (Å²) in [6.07, 6.45) is 2.27. The van der Waals surface area contributed by atoms with E-state index >= 15 is 0 Å². The van der Waals surface area contributed by atoms with Crippen molar-refractivity contribution in [2.75, 3.05) is 6.61 Å². The first-order chi connectivity index (χ1) is 8.17. The molecular weight excluding hydrogens is 288 g/mol. The Balaban J connectivity index is 2.64. The van der Waals surface area contributed by atoms with Gasteiger partial charge in [-0.2, -0.15) is 0 Å². The van der Waals surface area contributed by atoms with Crippen LogP contribution in [0.3, 0.4) is 0 Å². The van der Waals surface area contributed by atoms with Gasteiger partial charge >= 0.3 is 5.97 Å². The average Bonchev–Trinajstić information content (AvgIpc) is 2.67. The normalized spacial score (nSPS) is 10.5. The summed E-state index contributed by atoms with van der Waals surface area (Å²) in [6, 6.07) is 3.49. The molecule has 2 aromatic heterocycles. The molecule has 0 atom stereocenters. The molecule has 0 aromatic carbocycles. The van der Waals surface area contributed by atoms with Crippen LogP contribution in [-0.2, 0) is 4.74 Å². The molecule has 0 bridgehead atoms. The third-order valence-corrected chi connectivity index (χ3v) is 2.67. The Bertz CT molecular complexity index is 592. The molecule has 17 heavy (non-hydrogen) atoms. The Kier molecular flexibility index (Phi) is 3.23. The highest BCUT2D eigenvalue weighted by Gasteiger charge is 2.19. The third-order valence-electron chi connectivity index (χ3n) is 2.20. The first-order valence-corrected chi connectivity index (χ1v) is 5.76. The summed E-state index contributed by atoms with van der Waals surface area (Å²) in [5.74, 6) is -0.588. The quantitative estimate of drug-likeness (QED) is 0.643. The Morgan fingerprint density at radius 3 is 3.00 bits per heavy atom. The lowest BCUT2D eigenvalue weighted by atomic mass is 10.3. The number of aromatic nitrogens is 2. The highest BCUT2D eigenvalue weighted by Crippen LogP contribution is 2.16. The molecule has 0 fully saturated rings. The number of imidazole rings is 1. The van der Waals surface area contributed by atoms with Crippen molar-refractivity contribution in [2.24, 2.45) is 0 Å². The van der Waals surface area contributed by atoms with E-state index in [0.717, 1.165) is 4.47 Å². The van der Waals surface area contributed by atoms with Gasteiger partial charge in [0.05, 0.1) is 6.61 Å². The number of ether oxygens (including phenoxy) is 1. The van der Waals surface area contributed by atoms with Gasteiger partial charge in [0.15, 0.2) is 12.0 Å². The lowest BCUT2D eigenvalue weighted by molar-refractivity contribution is 0.0518. The largest absolute Gasteiger partial charge is 0.461 e. The molecule has 0 N–H and O–H groups in total. The van der Waals surface area contributed by atoms with Crippen LogP contribution in [-0.4, -0.2) is 28.2 Å². The van der Waals surface area contributed by atoms with Gasteiger partial charge in [-0.05, 0) is 35.0 Å². The molecule has 0 spiro atoms. The van der Waals surface area contributed by atoms with Gasteiger partial charge in [-0.25, -0.2) is 9.78 Å². The minimum Gasteiger partial charge on any atom is -0.461 e. The van der Waals surface area contributed by atoms with E-state index in [1.165, 1.54) is 0 Å². The van der Waals surface area contributed by atoms with Crippen LogP contribution in [0.25, 0.3) is 5.65 Å². The van der Waals surface area contributed by atoms with Gasteiger partial charge in [0.2, 0.25) is 0 Å². The van der Waals surface area contributed by atoms with Crippen molar-refractivity contribution in [3.8, 4) is 0 Å². The summed E-state index contributed by atoms with van der Waals surface area (Å²) in [4.78, 5) is 26.7. The maximum absolute atomic E-state index is 11.6. The minimum atomic E-state index is -0.588. The maximum Gasteiger partial charge on any atom is 0.359 e. The third kappa shape index (κ3) is 2.08. The summed E-state index contributed by atoms with van der Waals surface area (Å²) in [5, 5.41) is 0. The zero-order chi connectivity index (χ0) is 12.4. The lowest BCUT2D eigenvalue weighted by Gasteiger charge is -1.98. The smallest absolute Gasteiger partial charge is 0.359 e. The summed E-state index contributed by atoms with van der Waals surface area (Å²) in [6.45, 7) is 1.94. The molecule has 0 aliphatic heterocycles. The molecule has 6 heteroatoms. The van der Waals surface area contributed by atoms with Crippen molar-refractivity contribution in [3.63, 3.8) is 0 Å². The number of fused-ring (bicyclic) bond motifs is 1. The predicted octanol–water partition coefficient (Wildman–Crippen LogP) is 2.09. The highest BCUT2D eigenvalue weighted by molar-refractivity contribution is 9.10. The van der Waals surface area contributed by atoms with Crippen LogP contribution < -0.4 is 0 Å². The molecular formula is C11H9BrN2O3. The molecule has 0 unspecified atom stereocenters. The summed E-state index contributed by atoms with van der Waals surface area (Å²) >= 11 is 3.29. The fourth-order valence-corrected chi connectivity index (χ4v) is 1.84. The van der Waals surface area contributed by atoms with E-state index in [4.69, 9.17) is 4.74 Å². The molecule has 2 rings (SSSR count). The topological polar surface area (TPSA) is 60.7 Å². The Morgan fingerprint density at radius 2 is 2.35 bits per heavy atom. The van der Waals surface area contributed by atoms with Gasteiger partial charge in [0, 0.05) is 10.7 Å². The van der Waals surface area contributed by atoms with Gasteiger partial charge in [0.25, 0.3) is 0 Å². The number of hydrogen-bond acceptors (Lipinski definition) is 4. The second kappa shape index (κ2) is 4.67. The van der Waals surface area contributed by atoms with Crippen molar-refractivity contribution in [1.82, 2.24) is 9.38 Å². The van der Waals surface area contributed by atoms with Crippen LogP contribution in [0.1, 0.15) is 27.9 Å². The van der Waals surface area contributed by atoms with Crippen LogP contribution >= 0.6 is 15.9 Å². The van der Waals surface area contributed by atoms with Crippen LogP contribution in [0.15, 0.2) is 22.8 Å². The Labute approximate surface area is 106 Å². The molecule has 0 radical (unpaired) electrons. The molecule has 0 aliphatic carbocycles. The van der Waals surface area contributed by atoms with Crippen LogP contribution in [0.4, 0.5) is 0 Å². The monoisotopic (exact) mass is 296 g/mol. The number of pyridine rings is 1. The highest BCUT2D eigenvalue weighted by atomic mass is 79.9. The molecule has 0 amide bonds. The molecule has 88 valence electrons. The van der Waals surface area contributed by atoms with Gasteiger partial charge in [-0.15, -0.1) is 0 Å². The zero-order valence-electron chi connectivity index (χ0n) is 9.01. The molecule has 0 aliphatic rings. The molecule has 5 nitrogen and oxygen atoms in total. The number of hydrogen-bond donors (Lipinski definition) is 0. The number of halogens is 1. The number of esters is 1. The standard InChI is InChI=1S/C11H9BrN2O3/c1-2-17-11(16)10-8(6-15)14-5-7(12)3-4-9(14)13-10/h3-6H,2H2,1H3. The first kappa shape index (κ1) is 11.8. The second-order valence-electron chi connectivity index (χ2n) is 3.26. The minimum absolute atomic E-state index is 0.0416. The summed E-state index contributed by atoms with van der Waals surface area (Å²) in [5.41, 5.74) is 0.762. The number of nitrogens with zero attached hydrogens (tertiary/aromatic N) is 2. The van der Waals surface area contributed by atoms with Crippen molar-refractivity contribution in [2.45, 2.75) is 6.92 Å². The van der Waals surface area contributed by atoms with E-state index in [9.17, 15) is 9.59 Å². The van der Waals surface area contributed by atoms with E-state index in [2.05, 4.69) is 20.9 Å². The molecule has 0 saturated carbocycles. The van der Waals surface area contributed by atoms with E-state index in [1.807, 2.05) is 0 Å². The first-order valence-electron chi connectivity index (χ1n) is 4.97. The Hall–Kier alpha value is -1.69. The van der Waals surface area contributed by atoms with E-state index in [-0.39, 0.29) is 18.0 Å². The lowest BCUT2D eigenvalue weighted by Crippen LogP contribution is -2.08. The van der Waals surface area contributed by atoms with Crippen LogP contribution in [0, 0.1) is 0 Å². The molecule has 0 saturated heterocycles. The Morgan fingerprint density at radius 1 is 1.59 bits per heavy atom. The SMILES string of the molecule is CCOC(=O)c1nc2ccc(Br)cn2c1C=O. The van der Waals surface area contributed by atoms with Gasteiger partial charge < -0.3 is 4.74 Å². The van der Waals surface area contributed by atoms with Gasteiger partial charge in [0.1, 0.15) is 11.3 Å². The fraction of sp³-hybridized carbons (Fsp3) is 0.182. The number of aldehydes is 1. The predicted molar refractivity (Wildman–Crippen MR) is 64.2 cm³/mol. The van der Waals surface area contributed by atoms with Crippen LogP contribution in [0.5, 0.6) is 0 Å². The van der Waals surface area contributed by atoms with E-state index in [0.29, 0.717) is 11.9 Å². The van der Waals surface area contributed by atoms with Gasteiger partial charge in [-0.1, -0.05) is 0 Å². The number of carbonyl (C=O) groups is 2. The summed E-state index contributed by atoms with van der Waals surface area (Å²) in [7, 11) is 0. The van der Waals surface area contributed by atoms with Crippen molar-refractivity contribution < 1.29 is 14.3 Å². The second-order valence-corrected chi connectivity index (χ2v) is 4.18. The average molecular weight is 297 g/mol. The van der Waals surface area contributed by atoms with Crippen molar-refractivity contribution in [3.05, 3.63) is 34.2 Å². The maximum atomic E-state index is 11.6. The van der Waals surface area contributed by atoms with E-state index < -0.39 is 5.97 Å². The zero-order valence-corrected chi connectivity index (χ0v) is 10.6. The molecule has 2 heterocycles. The van der Waals surface area contributed by atoms with E-state index in [1.54, 1.807) is 29.7 Å². The summed E-state index contributed by atoms with van der Waals surface area (Å²) < 4.78 is 7.18.